The molecule has 2 nitrogen and oxygen atoms in total. The van der Waals surface area contributed by atoms with Crippen molar-refractivity contribution in [1.29, 1.82) is 0 Å². The molecule has 2 unspecified atom stereocenters. The van der Waals surface area contributed by atoms with E-state index in [1.54, 1.807) is 12.1 Å². The lowest BCUT2D eigenvalue weighted by molar-refractivity contribution is 0.385. The molecule has 1 N–H and O–H groups in total. The lowest BCUT2D eigenvalue weighted by atomic mass is 10.1. The zero-order chi connectivity index (χ0) is 11.5. The molecule has 0 amide bonds. The molecule has 1 aromatic carbocycles. The van der Waals surface area contributed by atoms with Crippen LogP contribution < -0.4 is 10.1 Å². The highest BCUT2D eigenvalue weighted by molar-refractivity contribution is 8.00. The summed E-state index contributed by atoms with van der Waals surface area (Å²) < 4.78 is 18.4. The Kier molecular flexibility index (Phi) is 3.71. The fraction of sp³-hybridized carbons (Fsp3) is 0.500. The average molecular weight is 241 g/mol. The molecule has 4 heteroatoms. The van der Waals surface area contributed by atoms with Gasteiger partial charge in [-0.3, -0.25) is 0 Å². The van der Waals surface area contributed by atoms with Crippen molar-refractivity contribution in [2.24, 2.45) is 0 Å². The van der Waals surface area contributed by atoms with Crippen LogP contribution in [0.15, 0.2) is 18.2 Å². The van der Waals surface area contributed by atoms with E-state index in [4.69, 9.17) is 4.74 Å². The number of methoxy groups -OCH3 is 1. The van der Waals surface area contributed by atoms with Crippen LogP contribution in [0.25, 0.3) is 0 Å². The van der Waals surface area contributed by atoms with Crippen LogP contribution in [0.5, 0.6) is 5.75 Å². The summed E-state index contributed by atoms with van der Waals surface area (Å²) in [5, 5.41) is 4.06. The summed E-state index contributed by atoms with van der Waals surface area (Å²) in [6.45, 7) is 3.17. The summed E-state index contributed by atoms with van der Waals surface area (Å²) in [5.41, 5.74) is 0.998. The molecule has 0 radical (unpaired) electrons. The van der Waals surface area contributed by atoms with Gasteiger partial charge in [0.15, 0.2) is 11.6 Å². The van der Waals surface area contributed by atoms with Gasteiger partial charge in [-0.15, -0.1) is 0 Å². The second-order valence-electron chi connectivity index (χ2n) is 4.00. The minimum atomic E-state index is -0.287. The van der Waals surface area contributed by atoms with E-state index in [0.717, 1.165) is 17.9 Å². The molecule has 2 rings (SSSR count). The Labute approximate surface area is 99.6 Å². The highest BCUT2D eigenvalue weighted by atomic mass is 32.2. The van der Waals surface area contributed by atoms with Gasteiger partial charge in [-0.05, 0) is 17.7 Å². The van der Waals surface area contributed by atoms with Gasteiger partial charge >= 0.3 is 0 Å². The number of ether oxygens (including phenoxy) is 1. The van der Waals surface area contributed by atoms with Crippen LogP contribution in [0.2, 0.25) is 0 Å². The predicted octanol–water partition coefficient (Wildman–Crippen LogP) is 2.60. The normalized spacial score (nSPS) is 25.4. The van der Waals surface area contributed by atoms with Gasteiger partial charge in [0.05, 0.1) is 7.11 Å². The summed E-state index contributed by atoms with van der Waals surface area (Å²) in [6, 6.07) is 5.43. The molecule has 0 aromatic heterocycles. The lowest BCUT2D eigenvalue weighted by Crippen LogP contribution is -2.34. The summed E-state index contributed by atoms with van der Waals surface area (Å²) in [6.07, 6.45) is 0. The minimum absolute atomic E-state index is 0.251. The van der Waals surface area contributed by atoms with Crippen molar-refractivity contribution in [1.82, 2.24) is 5.32 Å². The molecule has 0 spiro atoms. The van der Waals surface area contributed by atoms with Crippen LogP contribution in [-0.4, -0.2) is 24.7 Å². The number of hydrogen-bond donors (Lipinski definition) is 1. The molecule has 1 saturated heterocycles. The van der Waals surface area contributed by atoms with Gasteiger partial charge in [0.25, 0.3) is 0 Å². The largest absolute Gasteiger partial charge is 0.494 e. The summed E-state index contributed by atoms with van der Waals surface area (Å²) in [4.78, 5) is 0. The maximum Gasteiger partial charge on any atom is 0.165 e. The van der Waals surface area contributed by atoms with Crippen molar-refractivity contribution < 1.29 is 9.13 Å². The average Bonchev–Trinajstić information content (AvgIpc) is 2.30. The first kappa shape index (κ1) is 11.7. The molecule has 1 fully saturated rings. The van der Waals surface area contributed by atoms with Crippen molar-refractivity contribution in [2.45, 2.75) is 18.2 Å². The number of nitrogens with one attached hydrogen (secondary N) is 1. The molecule has 1 aromatic rings. The van der Waals surface area contributed by atoms with E-state index < -0.39 is 0 Å². The first-order valence-electron chi connectivity index (χ1n) is 5.39. The van der Waals surface area contributed by atoms with Gasteiger partial charge in [-0.25, -0.2) is 4.39 Å². The zero-order valence-corrected chi connectivity index (χ0v) is 10.3. The second-order valence-corrected chi connectivity index (χ2v) is 5.47. The molecule has 16 heavy (non-hydrogen) atoms. The Morgan fingerprint density at radius 3 is 2.88 bits per heavy atom. The Morgan fingerprint density at radius 1 is 1.50 bits per heavy atom. The summed E-state index contributed by atoms with van der Waals surface area (Å²) in [7, 11) is 1.48. The van der Waals surface area contributed by atoms with Gasteiger partial charge in [0.1, 0.15) is 0 Å². The van der Waals surface area contributed by atoms with Crippen LogP contribution >= 0.6 is 11.8 Å². The molecular formula is C12H16FNOS. The van der Waals surface area contributed by atoms with Gasteiger partial charge in [-0.2, -0.15) is 11.8 Å². The second kappa shape index (κ2) is 5.06. The zero-order valence-electron chi connectivity index (χ0n) is 9.50. The molecule has 1 aliphatic heterocycles. The Morgan fingerprint density at radius 2 is 2.31 bits per heavy atom. The summed E-state index contributed by atoms with van der Waals surface area (Å²) >= 11 is 1.92. The minimum Gasteiger partial charge on any atom is -0.494 e. The number of hydrogen-bond acceptors (Lipinski definition) is 3. The number of halogens is 1. The quantitative estimate of drug-likeness (QED) is 0.860. The van der Waals surface area contributed by atoms with Crippen molar-refractivity contribution in [2.75, 3.05) is 19.4 Å². The standard InChI is InChI=1S/C12H16FNOS/c1-8-6-14-11(7-16-8)9-3-4-12(15-2)10(13)5-9/h3-5,8,11,14H,6-7H2,1-2H3. The fourth-order valence-electron chi connectivity index (χ4n) is 1.80. The van der Waals surface area contributed by atoms with Crippen molar-refractivity contribution in [3.05, 3.63) is 29.6 Å². The van der Waals surface area contributed by atoms with E-state index in [2.05, 4.69) is 12.2 Å². The van der Waals surface area contributed by atoms with E-state index in [9.17, 15) is 4.39 Å². The van der Waals surface area contributed by atoms with Crippen molar-refractivity contribution in [3.8, 4) is 5.75 Å². The number of thioether (sulfide) groups is 1. The fourth-order valence-corrected chi connectivity index (χ4v) is 2.85. The van der Waals surface area contributed by atoms with E-state index in [0.29, 0.717) is 11.0 Å². The molecule has 0 aliphatic carbocycles. The molecular weight excluding hydrogens is 225 g/mol. The van der Waals surface area contributed by atoms with E-state index in [1.165, 1.54) is 7.11 Å². The van der Waals surface area contributed by atoms with Crippen LogP contribution in [-0.2, 0) is 0 Å². The van der Waals surface area contributed by atoms with Crippen molar-refractivity contribution >= 4 is 11.8 Å². The van der Waals surface area contributed by atoms with Gasteiger partial charge < -0.3 is 10.1 Å². The lowest BCUT2D eigenvalue weighted by Gasteiger charge is -2.27. The third-order valence-electron chi connectivity index (χ3n) is 2.78. The van der Waals surface area contributed by atoms with Crippen LogP contribution in [0, 0.1) is 5.82 Å². The Hall–Kier alpha value is -0.740. The molecule has 0 bridgehead atoms. The maximum absolute atomic E-state index is 13.5. The monoisotopic (exact) mass is 241 g/mol. The van der Waals surface area contributed by atoms with Crippen LogP contribution in [0.1, 0.15) is 18.5 Å². The topological polar surface area (TPSA) is 21.3 Å². The third-order valence-corrected chi connectivity index (χ3v) is 4.04. The van der Waals surface area contributed by atoms with Crippen LogP contribution in [0.4, 0.5) is 4.39 Å². The van der Waals surface area contributed by atoms with E-state index in [1.807, 2.05) is 17.8 Å². The Bertz CT molecular complexity index is 364. The highest BCUT2D eigenvalue weighted by Crippen LogP contribution is 2.28. The molecule has 2 atom stereocenters. The van der Waals surface area contributed by atoms with Gasteiger partial charge in [0, 0.05) is 23.6 Å². The molecule has 0 saturated carbocycles. The highest BCUT2D eigenvalue weighted by Gasteiger charge is 2.20. The first-order chi connectivity index (χ1) is 7.70. The van der Waals surface area contributed by atoms with Gasteiger partial charge in [0.2, 0.25) is 0 Å². The first-order valence-corrected chi connectivity index (χ1v) is 6.44. The number of rotatable bonds is 2. The molecule has 88 valence electrons. The van der Waals surface area contributed by atoms with E-state index >= 15 is 0 Å². The smallest absolute Gasteiger partial charge is 0.165 e. The number of benzene rings is 1. The van der Waals surface area contributed by atoms with Crippen molar-refractivity contribution in [3.63, 3.8) is 0 Å². The van der Waals surface area contributed by atoms with Crippen LogP contribution in [0.3, 0.4) is 0 Å². The molecule has 1 heterocycles. The summed E-state index contributed by atoms with van der Waals surface area (Å²) in [5.74, 6) is 1.01. The SMILES string of the molecule is COc1ccc(C2CSC(C)CN2)cc1F. The third kappa shape index (κ3) is 2.50. The molecule has 1 aliphatic rings. The maximum atomic E-state index is 13.5. The Balaban J connectivity index is 2.12. The van der Waals surface area contributed by atoms with E-state index in [-0.39, 0.29) is 11.9 Å². The van der Waals surface area contributed by atoms with Gasteiger partial charge in [-0.1, -0.05) is 13.0 Å². The predicted molar refractivity (Wildman–Crippen MR) is 65.6 cm³/mol.